The molecule has 4 aromatic rings. The molecule has 0 fully saturated rings. The number of carbonyl (C=O) groups excluding carboxylic acids is 2. The number of amides is 1. The zero-order valence-corrected chi connectivity index (χ0v) is 14.5. The van der Waals surface area contributed by atoms with Crippen LogP contribution < -0.4 is 0 Å². The van der Waals surface area contributed by atoms with Crippen molar-refractivity contribution in [3.8, 4) is 0 Å². The molecule has 8 heteroatoms. The maximum atomic E-state index is 12.9. The van der Waals surface area contributed by atoms with Gasteiger partial charge in [-0.05, 0) is 23.8 Å². The summed E-state index contributed by atoms with van der Waals surface area (Å²) in [5, 5.41) is 4.25. The Kier molecular flexibility index (Phi) is 3.27. The number of hydrogen-bond acceptors (Lipinski definition) is 5. The second kappa shape index (κ2) is 5.66. The predicted molar refractivity (Wildman–Crippen MR) is 96.2 cm³/mol. The molecule has 4 heterocycles. The number of imidazole rings is 1. The number of esters is 1. The average Bonchev–Trinajstić information content (AvgIpc) is 3.29. The topological polar surface area (TPSA) is 92.6 Å². The lowest BCUT2D eigenvalue weighted by Crippen LogP contribution is -2.33. The molecule has 1 aliphatic rings. The van der Waals surface area contributed by atoms with E-state index in [0.717, 1.165) is 16.6 Å². The molecule has 8 nitrogen and oxygen atoms in total. The third-order valence-corrected chi connectivity index (χ3v) is 4.81. The molecular weight excluding hydrogens is 346 g/mol. The standard InChI is InChI=1S/C19H15N5O3/c1-27-19(26)12-5-2-6-14-16(12)22-15(21-14)10-23-9-11-4-3-7-24-17(11)13(8-20-24)18(23)25/h2-8H,9-10H2,1H3,(H,21,22). The summed E-state index contributed by atoms with van der Waals surface area (Å²) in [6.07, 6.45) is 3.43. The first-order chi connectivity index (χ1) is 13.2. The number of aromatic amines is 1. The van der Waals surface area contributed by atoms with Gasteiger partial charge in [-0.2, -0.15) is 5.10 Å². The maximum absolute atomic E-state index is 12.9. The van der Waals surface area contributed by atoms with Gasteiger partial charge in [-0.25, -0.2) is 14.3 Å². The largest absolute Gasteiger partial charge is 0.465 e. The van der Waals surface area contributed by atoms with Gasteiger partial charge in [0.1, 0.15) is 11.3 Å². The molecule has 0 unspecified atom stereocenters. The van der Waals surface area contributed by atoms with E-state index in [2.05, 4.69) is 15.1 Å². The number of nitrogens with zero attached hydrogens (tertiary/aromatic N) is 4. The van der Waals surface area contributed by atoms with Crippen LogP contribution in [-0.2, 0) is 17.8 Å². The van der Waals surface area contributed by atoms with Crippen LogP contribution in [0, 0.1) is 0 Å². The normalized spacial score (nSPS) is 13.5. The van der Waals surface area contributed by atoms with Crippen molar-refractivity contribution in [3.05, 3.63) is 65.2 Å². The van der Waals surface area contributed by atoms with Gasteiger partial charge in [0.2, 0.25) is 0 Å². The highest BCUT2D eigenvalue weighted by molar-refractivity contribution is 6.03. The number of para-hydroxylation sites is 1. The van der Waals surface area contributed by atoms with Crippen molar-refractivity contribution in [2.45, 2.75) is 13.1 Å². The van der Waals surface area contributed by atoms with Gasteiger partial charge in [0.15, 0.2) is 0 Å². The molecular formula is C19H15N5O3. The van der Waals surface area contributed by atoms with Crippen molar-refractivity contribution in [3.63, 3.8) is 0 Å². The van der Waals surface area contributed by atoms with Crippen LogP contribution in [0.2, 0.25) is 0 Å². The number of nitrogens with one attached hydrogen (secondary N) is 1. The molecule has 0 atom stereocenters. The van der Waals surface area contributed by atoms with Crippen LogP contribution in [0.5, 0.6) is 0 Å². The van der Waals surface area contributed by atoms with Gasteiger partial charge < -0.3 is 14.6 Å². The molecule has 27 heavy (non-hydrogen) atoms. The van der Waals surface area contributed by atoms with Gasteiger partial charge >= 0.3 is 5.97 Å². The molecule has 0 radical (unpaired) electrons. The molecule has 0 saturated carbocycles. The fourth-order valence-corrected chi connectivity index (χ4v) is 3.59. The van der Waals surface area contributed by atoms with Crippen LogP contribution in [-0.4, -0.2) is 43.5 Å². The van der Waals surface area contributed by atoms with E-state index in [4.69, 9.17) is 4.74 Å². The maximum Gasteiger partial charge on any atom is 0.340 e. The lowest BCUT2D eigenvalue weighted by atomic mass is 10.1. The van der Waals surface area contributed by atoms with Crippen molar-refractivity contribution < 1.29 is 14.3 Å². The van der Waals surface area contributed by atoms with Gasteiger partial charge in [-0.1, -0.05) is 12.1 Å². The van der Waals surface area contributed by atoms with Crippen LogP contribution in [0.15, 0.2) is 42.7 Å². The van der Waals surface area contributed by atoms with Gasteiger partial charge in [-0.3, -0.25) is 4.79 Å². The van der Waals surface area contributed by atoms with Crippen molar-refractivity contribution in [2.24, 2.45) is 0 Å². The van der Waals surface area contributed by atoms with Gasteiger partial charge in [-0.15, -0.1) is 0 Å². The number of ether oxygens (including phenoxy) is 1. The smallest absolute Gasteiger partial charge is 0.340 e. The van der Waals surface area contributed by atoms with Crippen LogP contribution in [0.1, 0.15) is 32.1 Å². The summed E-state index contributed by atoms with van der Waals surface area (Å²) in [6.45, 7) is 0.780. The lowest BCUT2D eigenvalue weighted by molar-refractivity contribution is 0.0602. The predicted octanol–water partition coefficient (Wildman–Crippen LogP) is 2.15. The molecule has 1 aliphatic heterocycles. The first-order valence-corrected chi connectivity index (χ1v) is 8.46. The Hall–Kier alpha value is -3.68. The average molecular weight is 361 g/mol. The van der Waals surface area contributed by atoms with Crippen LogP contribution in [0.4, 0.5) is 0 Å². The molecule has 1 aromatic carbocycles. The number of fused-ring (bicyclic) bond motifs is 1. The highest BCUT2D eigenvalue weighted by Crippen LogP contribution is 2.26. The number of rotatable bonds is 3. The highest BCUT2D eigenvalue weighted by atomic mass is 16.5. The van der Waals surface area contributed by atoms with Gasteiger partial charge in [0.25, 0.3) is 5.91 Å². The van der Waals surface area contributed by atoms with E-state index in [1.807, 2.05) is 24.4 Å². The van der Waals surface area contributed by atoms with Crippen LogP contribution in [0.3, 0.4) is 0 Å². The minimum Gasteiger partial charge on any atom is -0.465 e. The second-order valence-electron chi connectivity index (χ2n) is 6.42. The van der Waals surface area contributed by atoms with E-state index in [-0.39, 0.29) is 5.91 Å². The summed E-state index contributed by atoms with van der Waals surface area (Å²) >= 11 is 0. The van der Waals surface area contributed by atoms with E-state index in [0.29, 0.717) is 35.6 Å². The summed E-state index contributed by atoms with van der Waals surface area (Å²) in [7, 11) is 1.34. The molecule has 134 valence electrons. The Morgan fingerprint density at radius 3 is 3.04 bits per heavy atom. The molecule has 1 N–H and O–H groups in total. The Bertz CT molecular complexity index is 1220. The number of aromatic nitrogens is 4. The first-order valence-electron chi connectivity index (χ1n) is 8.46. The fraction of sp³-hybridized carbons (Fsp3) is 0.158. The van der Waals surface area contributed by atoms with E-state index >= 15 is 0 Å². The lowest BCUT2D eigenvalue weighted by Gasteiger charge is -2.25. The second-order valence-corrected chi connectivity index (χ2v) is 6.42. The minimum absolute atomic E-state index is 0.0858. The number of H-pyrrole nitrogens is 1. The Balaban J connectivity index is 1.51. The van der Waals surface area contributed by atoms with E-state index in [1.54, 1.807) is 27.7 Å². The zero-order valence-electron chi connectivity index (χ0n) is 14.5. The molecule has 0 spiro atoms. The Labute approximate surface area is 153 Å². The monoisotopic (exact) mass is 361 g/mol. The van der Waals surface area contributed by atoms with Crippen LogP contribution >= 0.6 is 0 Å². The van der Waals surface area contributed by atoms with Crippen LogP contribution in [0.25, 0.3) is 16.6 Å². The number of hydrogen-bond donors (Lipinski definition) is 1. The minimum atomic E-state index is -0.441. The van der Waals surface area contributed by atoms with Crippen molar-refractivity contribution >= 4 is 28.4 Å². The molecule has 0 aliphatic carbocycles. The Morgan fingerprint density at radius 1 is 1.30 bits per heavy atom. The first kappa shape index (κ1) is 15.6. The zero-order chi connectivity index (χ0) is 18.5. The molecule has 5 rings (SSSR count). The van der Waals surface area contributed by atoms with Gasteiger partial charge in [0, 0.05) is 12.7 Å². The summed E-state index contributed by atoms with van der Waals surface area (Å²) < 4.78 is 6.54. The summed E-state index contributed by atoms with van der Waals surface area (Å²) in [5.74, 6) is 0.0822. The third-order valence-electron chi connectivity index (χ3n) is 4.81. The van der Waals surface area contributed by atoms with E-state index in [9.17, 15) is 9.59 Å². The van der Waals surface area contributed by atoms with Crippen molar-refractivity contribution in [1.82, 2.24) is 24.5 Å². The molecule has 0 bridgehead atoms. The van der Waals surface area contributed by atoms with Crippen molar-refractivity contribution in [1.29, 1.82) is 0 Å². The summed E-state index contributed by atoms with van der Waals surface area (Å²) in [4.78, 5) is 34.2. The van der Waals surface area contributed by atoms with Crippen molar-refractivity contribution in [2.75, 3.05) is 7.11 Å². The molecule has 1 amide bonds. The number of methoxy groups -OCH3 is 1. The van der Waals surface area contributed by atoms with E-state index in [1.165, 1.54) is 7.11 Å². The number of pyridine rings is 1. The fourth-order valence-electron chi connectivity index (χ4n) is 3.59. The highest BCUT2D eigenvalue weighted by Gasteiger charge is 2.28. The molecule has 3 aromatic heterocycles. The van der Waals surface area contributed by atoms with E-state index < -0.39 is 5.97 Å². The molecule has 0 saturated heterocycles. The number of benzene rings is 1. The third kappa shape index (κ3) is 2.30. The Morgan fingerprint density at radius 2 is 2.19 bits per heavy atom. The quantitative estimate of drug-likeness (QED) is 0.565. The summed E-state index contributed by atoms with van der Waals surface area (Å²) in [5.41, 5.74) is 4.14. The SMILES string of the molecule is COC(=O)c1cccc2[nH]c(CN3Cc4cccn5ncc(c45)C3=O)nc12. The van der Waals surface area contributed by atoms with Gasteiger partial charge in [0.05, 0.1) is 42.0 Å². The number of carbonyl (C=O) groups is 2. The summed E-state index contributed by atoms with van der Waals surface area (Å²) in [6, 6.07) is 9.19.